The summed E-state index contributed by atoms with van der Waals surface area (Å²) in [5.74, 6) is -0.335. The molecule has 1 N–H and O–H groups in total. The molecule has 124 valence electrons. The second kappa shape index (κ2) is 7.57. The monoisotopic (exact) mass is 338 g/mol. The molecule has 0 aliphatic carbocycles. The van der Waals surface area contributed by atoms with Crippen LogP contribution in [0.25, 0.3) is 5.69 Å². The lowest BCUT2D eigenvalue weighted by Crippen LogP contribution is -2.41. The number of likely N-dealkylation sites (tertiary alicyclic amines) is 1. The number of nitrogens with zero attached hydrogens (tertiary/aromatic N) is 3. The molecule has 3 rings (SSSR count). The third kappa shape index (κ3) is 3.71. The van der Waals surface area contributed by atoms with Gasteiger partial charge in [-0.2, -0.15) is 5.10 Å². The summed E-state index contributed by atoms with van der Waals surface area (Å²) in [6.07, 6.45) is 3.77. The largest absolute Gasteiger partial charge is 0.333 e. The third-order valence-electron chi connectivity index (χ3n) is 3.98. The number of amides is 1. The van der Waals surface area contributed by atoms with Crippen molar-refractivity contribution in [1.29, 1.82) is 0 Å². The van der Waals surface area contributed by atoms with Crippen LogP contribution in [0.15, 0.2) is 36.5 Å². The number of carbonyl (C=O) groups excluding carboxylic acids is 1. The van der Waals surface area contributed by atoms with Gasteiger partial charge in [0, 0.05) is 25.3 Å². The fourth-order valence-electron chi connectivity index (χ4n) is 2.87. The molecule has 1 aromatic heterocycles. The van der Waals surface area contributed by atoms with Crippen molar-refractivity contribution in [2.75, 3.05) is 20.1 Å². The highest BCUT2D eigenvalue weighted by atomic mass is 35.5. The first-order valence-electron chi connectivity index (χ1n) is 7.46. The Bertz CT molecular complexity index is 658. The van der Waals surface area contributed by atoms with E-state index in [1.54, 1.807) is 29.1 Å². The molecule has 23 heavy (non-hydrogen) atoms. The van der Waals surface area contributed by atoms with Gasteiger partial charge in [-0.25, -0.2) is 9.07 Å². The second-order valence-corrected chi connectivity index (χ2v) is 5.47. The molecule has 1 amide bonds. The molecule has 1 fully saturated rings. The minimum atomic E-state index is -0.292. The first-order chi connectivity index (χ1) is 10.7. The van der Waals surface area contributed by atoms with Crippen molar-refractivity contribution >= 4 is 18.3 Å². The zero-order valence-corrected chi connectivity index (χ0v) is 13.7. The van der Waals surface area contributed by atoms with E-state index < -0.39 is 0 Å². The maximum atomic E-state index is 13.0. The highest BCUT2D eigenvalue weighted by molar-refractivity contribution is 5.92. The summed E-state index contributed by atoms with van der Waals surface area (Å²) in [6, 6.07) is 7.96. The van der Waals surface area contributed by atoms with E-state index in [-0.39, 0.29) is 30.2 Å². The SMILES string of the molecule is CNCC1CCCN1C(=O)c1ccn(-c2ccc(F)cc2)n1.Cl. The highest BCUT2D eigenvalue weighted by Gasteiger charge is 2.29. The molecule has 1 aliphatic rings. The van der Waals surface area contributed by atoms with Gasteiger partial charge in [0.1, 0.15) is 5.82 Å². The predicted molar refractivity (Wildman–Crippen MR) is 88.8 cm³/mol. The normalized spacial score (nSPS) is 17.1. The van der Waals surface area contributed by atoms with E-state index >= 15 is 0 Å². The highest BCUT2D eigenvalue weighted by Crippen LogP contribution is 2.19. The summed E-state index contributed by atoms with van der Waals surface area (Å²) < 4.78 is 14.6. The quantitative estimate of drug-likeness (QED) is 0.930. The van der Waals surface area contributed by atoms with E-state index in [1.807, 2.05) is 11.9 Å². The van der Waals surface area contributed by atoms with Crippen molar-refractivity contribution in [3.63, 3.8) is 0 Å². The minimum Gasteiger partial charge on any atom is -0.333 e. The summed E-state index contributed by atoms with van der Waals surface area (Å²) in [4.78, 5) is 14.5. The number of nitrogens with one attached hydrogen (secondary N) is 1. The number of rotatable bonds is 4. The van der Waals surface area contributed by atoms with Crippen LogP contribution in [0.1, 0.15) is 23.3 Å². The van der Waals surface area contributed by atoms with Crippen LogP contribution in [0, 0.1) is 5.82 Å². The van der Waals surface area contributed by atoms with Gasteiger partial charge in [0.2, 0.25) is 0 Å². The van der Waals surface area contributed by atoms with Crippen LogP contribution in [-0.2, 0) is 0 Å². The van der Waals surface area contributed by atoms with Crippen molar-refractivity contribution in [2.45, 2.75) is 18.9 Å². The summed E-state index contributed by atoms with van der Waals surface area (Å²) in [6.45, 7) is 1.57. The lowest BCUT2D eigenvalue weighted by molar-refractivity contribution is 0.0730. The molecular formula is C16H20ClFN4O. The van der Waals surface area contributed by atoms with Crippen LogP contribution in [0.2, 0.25) is 0 Å². The van der Waals surface area contributed by atoms with Gasteiger partial charge < -0.3 is 10.2 Å². The van der Waals surface area contributed by atoms with Gasteiger partial charge in [0.15, 0.2) is 5.69 Å². The molecule has 5 nitrogen and oxygen atoms in total. The van der Waals surface area contributed by atoms with Gasteiger partial charge in [-0.05, 0) is 50.2 Å². The third-order valence-corrected chi connectivity index (χ3v) is 3.98. The zero-order valence-electron chi connectivity index (χ0n) is 12.9. The van der Waals surface area contributed by atoms with Gasteiger partial charge >= 0.3 is 0 Å². The molecule has 0 bridgehead atoms. The Morgan fingerprint density at radius 2 is 2.09 bits per heavy atom. The molecule has 1 unspecified atom stereocenters. The van der Waals surface area contributed by atoms with Crippen LogP contribution >= 0.6 is 12.4 Å². The molecular weight excluding hydrogens is 319 g/mol. The first kappa shape index (κ1) is 17.4. The lowest BCUT2D eigenvalue weighted by atomic mass is 10.2. The van der Waals surface area contributed by atoms with E-state index in [0.29, 0.717) is 5.69 Å². The molecule has 0 saturated carbocycles. The van der Waals surface area contributed by atoms with Crippen molar-refractivity contribution in [2.24, 2.45) is 0 Å². The van der Waals surface area contributed by atoms with E-state index in [2.05, 4.69) is 10.4 Å². The summed E-state index contributed by atoms with van der Waals surface area (Å²) in [5, 5.41) is 7.46. The average molecular weight is 339 g/mol. The summed E-state index contributed by atoms with van der Waals surface area (Å²) >= 11 is 0. The van der Waals surface area contributed by atoms with Crippen LogP contribution in [0.3, 0.4) is 0 Å². The maximum absolute atomic E-state index is 13.0. The van der Waals surface area contributed by atoms with E-state index in [4.69, 9.17) is 0 Å². The standard InChI is InChI=1S/C16H19FN4O.ClH/c1-18-11-14-3-2-9-20(14)16(22)15-8-10-21(19-15)13-6-4-12(17)5-7-13;/h4-8,10,14,18H,2-3,9,11H2,1H3;1H. The van der Waals surface area contributed by atoms with Crippen molar-refractivity contribution in [1.82, 2.24) is 20.0 Å². The van der Waals surface area contributed by atoms with Crippen molar-refractivity contribution < 1.29 is 9.18 Å². The first-order valence-corrected chi connectivity index (χ1v) is 7.46. The van der Waals surface area contributed by atoms with Crippen LogP contribution < -0.4 is 5.32 Å². The Morgan fingerprint density at radius 1 is 1.35 bits per heavy atom. The molecule has 1 saturated heterocycles. The number of aromatic nitrogens is 2. The smallest absolute Gasteiger partial charge is 0.274 e. The minimum absolute atomic E-state index is 0. The second-order valence-electron chi connectivity index (χ2n) is 5.47. The summed E-state index contributed by atoms with van der Waals surface area (Å²) in [5.41, 5.74) is 1.15. The molecule has 1 aliphatic heterocycles. The Labute approximate surface area is 140 Å². The number of hydrogen-bond acceptors (Lipinski definition) is 3. The number of benzene rings is 1. The van der Waals surface area contributed by atoms with Crippen molar-refractivity contribution in [3.8, 4) is 5.69 Å². The van der Waals surface area contributed by atoms with Gasteiger partial charge in [-0.1, -0.05) is 0 Å². The average Bonchev–Trinajstić information content (AvgIpc) is 3.17. The molecule has 1 atom stereocenters. The number of hydrogen-bond donors (Lipinski definition) is 1. The van der Waals surface area contributed by atoms with Gasteiger partial charge in [-0.15, -0.1) is 12.4 Å². The Kier molecular flexibility index (Phi) is 5.74. The Hall–Kier alpha value is -1.92. The number of carbonyl (C=O) groups is 1. The Morgan fingerprint density at radius 3 is 2.78 bits per heavy atom. The van der Waals surface area contributed by atoms with Gasteiger partial charge in [0.25, 0.3) is 5.91 Å². The summed E-state index contributed by atoms with van der Waals surface area (Å²) in [7, 11) is 1.89. The van der Waals surface area contributed by atoms with Gasteiger partial charge in [-0.3, -0.25) is 4.79 Å². The molecule has 7 heteroatoms. The van der Waals surface area contributed by atoms with E-state index in [1.165, 1.54) is 12.1 Å². The lowest BCUT2D eigenvalue weighted by Gasteiger charge is -2.23. The number of likely N-dealkylation sites (N-methyl/N-ethyl adjacent to an activating group) is 1. The molecule has 2 aromatic rings. The Balaban J connectivity index is 0.00000192. The maximum Gasteiger partial charge on any atom is 0.274 e. The van der Waals surface area contributed by atoms with E-state index in [9.17, 15) is 9.18 Å². The number of halogens is 2. The van der Waals surface area contributed by atoms with Gasteiger partial charge in [0.05, 0.1) is 5.69 Å². The molecule has 0 spiro atoms. The van der Waals surface area contributed by atoms with Crippen LogP contribution in [-0.4, -0.2) is 46.8 Å². The topological polar surface area (TPSA) is 50.2 Å². The van der Waals surface area contributed by atoms with E-state index in [0.717, 1.165) is 31.6 Å². The fraction of sp³-hybridized carbons (Fsp3) is 0.375. The molecule has 1 aromatic carbocycles. The fourth-order valence-corrected chi connectivity index (χ4v) is 2.87. The van der Waals surface area contributed by atoms with Crippen molar-refractivity contribution in [3.05, 3.63) is 48.0 Å². The molecule has 0 radical (unpaired) electrons. The molecule has 2 heterocycles. The zero-order chi connectivity index (χ0) is 15.5. The van der Waals surface area contributed by atoms with Crippen LogP contribution in [0.4, 0.5) is 4.39 Å². The predicted octanol–water partition coefficient (Wildman–Crippen LogP) is 2.26. The van der Waals surface area contributed by atoms with Crippen LogP contribution in [0.5, 0.6) is 0 Å².